The molecule has 30 heavy (non-hydrogen) atoms. The molecule has 150 valence electrons. The maximum atomic E-state index is 6.34. The largest absolute Gasteiger partial charge is 0.490 e. The van der Waals surface area contributed by atoms with Crippen molar-refractivity contribution >= 4 is 27.6 Å². The highest BCUT2D eigenvalue weighted by Crippen LogP contribution is 2.27. The SMILES string of the molecule is Nc1n[nH]c2cc(-c3cncc(OC[C@@H](N)Cc4c[nH]c5ccccc45)c3)ccc12. The summed E-state index contributed by atoms with van der Waals surface area (Å²) < 4.78 is 5.94. The lowest BCUT2D eigenvalue weighted by atomic mass is 10.1. The van der Waals surface area contributed by atoms with Gasteiger partial charge in [-0.1, -0.05) is 24.3 Å². The second kappa shape index (κ2) is 7.53. The number of nitrogens with zero attached hydrogens (tertiary/aromatic N) is 2. The fourth-order valence-corrected chi connectivity index (χ4v) is 3.72. The van der Waals surface area contributed by atoms with E-state index < -0.39 is 0 Å². The highest BCUT2D eigenvalue weighted by molar-refractivity contribution is 5.91. The van der Waals surface area contributed by atoms with Gasteiger partial charge in [-0.05, 0) is 41.8 Å². The Hall–Kier alpha value is -3.84. The summed E-state index contributed by atoms with van der Waals surface area (Å²) in [5, 5.41) is 9.09. The van der Waals surface area contributed by atoms with Crippen molar-refractivity contribution in [3.63, 3.8) is 0 Å². The second-order valence-electron chi connectivity index (χ2n) is 7.41. The summed E-state index contributed by atoms with van der Waals surface area (Å²) >= 11 is 0. The zero-order valence-corrected chi connectivity index (χ0v) is 16.3. The molecule has 0 saturated carbocycles. The first-order valence-corrected chi connectivity index (χ1v) is 9.80. The molecule has 0 aliphatic heterocycles. The Morgan fingerprint density at radius 2 is 1.87 bits per heavy atom. The fraction of sp³-hybridized carbons (Fsp3) is 0.130. The highest BCUT2D eigenvalue weighted by Gasteiger charge is 2.11. The van der Waals surface area contributed by atoms with E-state index in [-0.39, 0.29) is 6.04 Å². The van der Waals surface area contributed by atoms with E-state index in [0.717, 1.165) is 34.0 Å². The van der Waals surface area contributed by atoms with Gasteiger partial charge in [-0.15, -0.1) is 0 Å². The molecule has 0 bridgehead atoms. The molecule has 3 heterocycles. The topological polar surface area (TPSA) is 119 Å². The normalized spacial score (nSPS) is 12.4. The minimum Gasteiger partial charge on any atom is -0.490 e. The van der Waals surface area contributed by atoms with Gasteiger partial charge < -0.3 is 21.2 Å². The fourth-order valence-electron chi connectivity index (χ4n) is 3.72. The molecule has 5 aromatic rings. The third-order valence-electron chi connectivity index (χ3n) is 5.26. The first-order valence-electron chi connectivity index (χ1n) is 9.80. The number of benzene rings is 2. The maximum Gasteiger partial charge on any atom is 0.153 e. The molecule has 7 nitrogen and oxygen atoms in total. The van der Waals surface area contributed by atoms with Gasteiger partial charge in [-0.3, -0.25) is 10.1 Å². The van der Waals surface area contributed by atoms with Crippen molar-refractivity contribution in [3.8, 4) is 16.9 Å². The number of para-hydroxylation sites is 1. The molecule has 7 heteroatoms. The maximum absolute atomic E-state index is 6.34. The van der Waals surface area contributed by atoms with Gasteiger partial charge in [-0.2, -0.15) is 5.10 Å². The number of aromatic amines is 2. The lowest BCUT2D eigenvalue weighted by molar-refractivity contribution is 0.287. The van der Waals surface area contributed by atoms with E-state index in [1.54, 1.807) is 12.4 Å². The Balaban J connectivity index is 1.28. The smallest absolute Gasteiger partial charge is 0.153 e. The Kier molecular flexibility index (Phi) is 4.57. The molecule has 0 radical (unpaired) electrons. The number of hydrogen-bond acceptors (Lipinski definition) is 5. The third-order valence-corrected chi connectivity index (χ3v) is 5.26. The molecular formula is C23H22N6O. The van der Waals surface area contributed by atoms with Gasteiger partial charge in [-0.25, -0.2) is 0 Å². The van der Waals surface area contributed by atoms with Crippen molar-refractivity contribution in [1.29, 1.82) is 0 Å². The predicted molar refractivity (Wildman–Crippen MR) is 119 cm³/mol. The average molecular weight is 398 g/mol. The van der Waals surface area contributed by atoms with Crippen LogP contribution >= 0.6 is 0 Å². The minimum absolute atomic E-state index is 0.128. The molecule has 2 aromatic carbocycles. The minimum atomic E-state index is -0.128. The number of fused-ring (bicyclic) bond motifs is 2. The molecule has 3 aromatic heterocycles. The third kappa shape index (κ3) is 3.46. The molecule has 1 atom stereocenters. The van der Waals surface area contributed by atoms with Crippen molar-refractivity contribution in [2.24, 2.45) is 5.73 Å². The van der Waals surface area contributed by atoms with E-state index in [0.29, 0.717) is 18.2 Å². The molecule has 0 spiro atoms. The summed E-state index contributed by atoms with van der Waals surface area (Å²) in [6.07, 6.45) is 6.26. The molecule has 0 unspecified atom stereocenters. The van der Waals surface area contributed by atoms with Crippen LogP contribution in [0.4, 0.5) is 5.82 Å². The molecule has 0 aliphatic rings. The number of nitrogen functional groups attached to an aromatic ring is 1. The molecular weight excluding hydrogens is 376 g/mol. The summed E-state index contributed by atoms with van der Waals surface area (Å²) in [7, 11) is 0. The number of rotatable bonds is 6. The molecule has 0 aliphatic carbocycles. The summed E-state index contributed by atoms with van der Waals surface area (Å²) in [6, 6.07) is 16.0. The van der Waals surface area contributed by atoms with Crippen LogP contribution in [0.5, 0.6) is 5.75 Å². The van der Waals surface area contributed by atoms with E-state index in [4.69, 9.17) is 16.2 Å². The number of nitrogens with two attached hydrogens (primary N) is 2. The summed E-state index contributed by atoms with van der Waals surface area (Å²) in [6.45, 7) is 0.404. The lowest BCUT2D eigenvalue weighted by Gasteiger charge is -2.13. The van der Waals surface area contributed by atoms with Crippen LogP contribution in [0.2, 0.25) is 0 Å². The Bertz CT molecular complexity index is 1320. The van der Waals surface area contributed by atoms with Gasteiger partial charge in [0.15, 0.2) is 5.82 Å². The quantitative estimate of drug-likeness (QED) is 0.348. The Labute approximate surface area is 173 Å². The molecule has 0 fully saturated rings. The average Bonchev–Trinajstić information content (AvgIpc) is 3.36. The van der Waals surface area contributed by atoms with Crippen molar-refractivity contribution in [2.75, 3.05) is 12.3 Å². The lowest BCUT2D eigenvalue weighted by Crippen LogP contribution is -2.30. The number of anilines is 1. The number of pyridine rings is 1. The van der Waals surface area contributed by atoms with Gasteiger partial charge in [0.05, 0.1) is 11.7 Å². The van der Waals surface area contributed by atoms with Crippen LogP contribution in [0, 0.1) is 0 Å². The summed E-state index contributed by atoms with van der Waals surface area (Å²) in [5.74, 6) is 1.18. The van der Waals surface area contributed by atoms with Gasteiger partial charge in [0.1, 0.15) is 12.4 Å². The summed E-state index contributed by atoms with van der Waals surface area (Å²) in [4.78, 5) is 7.61. The van der Waals surface area contributed by atoms with Crippen molar-refractivity contribution in [1.82, 2.24) is 20.2 Å². The number of hydrogen-bond donors (Lipinski definition) is 4. The number of H-pyrrole nitrogens is 2. The predicted octanol–water partition coefficient (Wildman–Crippen LogP) is 3.64. The molecule has 0 amide bonds. The highest BCUT2D eigenvalue weighted by atomic mass is 16.5. The number of ether oxygens (including phenoxy) is 1. The summed E-state index contributed by atoms with van der Waals surface area (Å²) in [5.41, 5.74) is 17.3. The molecule has 0 saturated heterocycles. The van der Waals surface area contributed by atoms with E-state index in [9.17, 15) is 0 Å². The molecule has 6 N–H and O–H groups in total. The van der Waals surface area contributed by atoms with Crippen LogP contribution in [0.1, 0.15) is 5.56 Å². The van der Waals surface area contributed by atoms with Gasteiger partial charge in [0.2, 0.25) is 0 Å². The van der Waals surface area contributed by atoms with Crippen molar-refractivity contribution in [3.05, 3.63) is 72.7 Å². The van der Waals surface area contributed by atoms with Crippen LogP contribution in [0.25, 0.3) is 32.9 Å². The number of nitrogens with one attached hydrogen (secondary N) is 2. The zero-order valence-electron chi connectivity index (χ0n) is 16.3. The van der Waals surface area contributed by atoms with Crippen LogP contribution in [-0.2, 0) is 6.42 Å². The van der Waals surface area contributed by atoms with Gasteiger partial charge in [0.25, 0.3) is 0 Å². The number of aromatic nitrogens is 4. The first-order chi connectivity index (χ1) is 14.7. The van der Waals surface area contributed by atoms with Crippen LogP contribution in [0.3, 0.4) is 0 Å². The van der Waals surface area contributed by atoms with Crippen LogP contribution < -0.4 is 16.2 Å². The monoisotopic (exact) mass is 398 g/mol. The van der Waals surface area contributed by atoms with Gasteiger partial charge in [0, 0.05) is 40.3 Å². The zero-order chi connectivity index (χ0) is 20.5. The molecule has 5 rings (SSSR count). The second-order valence-corrected chi connectivity index (χ2v) is 7.41. The van der Waals surface area contributed by atoms with Crippen molar-refractivity contribution in [2.45, 2.75) is 12.5 Å². The van der Waals surface area contributed by atoms with E-state index in [1.807, 2.05) is 42.6 Å². The first kappa shape index (κ1) is 18.2. The Morgan fingerprint density at radius 1 is 0.967 bits per heavy atom. The van der Waals surface area contributed by atoms with E-state index in [2.05, 4.69) is 32.3 Å². The van der Waals surface area contributed by atoms with E-state index >= 15 is 0 Å². The van der Waals surface area contributed by atoms with Crippen LogP contribution in [0.15, 0.2) is 67.1 Å². The standard InChI is InChI=1S/C23H22N6O/c24-17(7-16-11-27-21-4-2-1-3-19(16)21)13-30-18-8-15(10-26-12-18)14-5-6-20-22(9-14)28-29-23(20)25/h1-6,8-12,17,27H,7,13,24H2,(H3,25,28,29)/t17-/m0/s1. The van der Waals surface area contributed by atoms with Crippen LogP contribution in [-0.4, -0.2) is 32.8 Å². The van der Waals surface area contributed by atoms with Gasteiger partial charge >= 0.3 is 0 Å². The van der Waals surface area contributed by atoms with E-state index in [1.165, 1.54) is 10.9 Å². The Morgan fingerprint density at radius 3 is 2.80 bits per heavy atom. The van der Waals surface area contributed by atoms with Crippen molar-refractivity contribution < 1.29 is 4.74 Å².